The molecule has 0 aliphatic rings. The van der Waals surface area contributed by atoms with Crippen molar-refractivity contribution in [1.29, 1.82) is 0 Å². The van der Waals surface area contributed by atoms with E-state index in [1.54, 1.807) is 0 Å². The summed E-state index contributed by atoms with van der Waals surface area (Å²) in [5.41, 5.74) is 3.41. The molecule has 0 atom stereocenters. The maximum absolute atomic E-state index is 12.5. The third-order valence-corrected chi connectivity index (χ3v) is 5.41. The zero-order valence-electron chi connectivity index (χ0n) is 19.0. The molecule has 0 aliphatic carbocycles. The van der Waals surface area contributed by atoms with Crippen LogP contribution in [0.3, 0.4) is 0 Å². The van der Waals surface area contributed by atoms with E-state index in [4.69, 9.17) is 4.74 Å². The minimum atomic E-state index is -0.181. The monoisotopic (exact) mass is 410 g/mol. The highest BCUT2D eigenvalue weighted by Gasteiger charge is 2.13. The van der Waals surface area contributed by atoms with E-state index in [0.29, 0.717) is 6.61 Å². The van der Waals surface area contributed by atoms with Crippen LogP contribution in [0.1, 0.15) is 51.2 Å². The molecule has 0 unspecified atom stereocenters. The maximum atomic E-state index is 12.5. The van der Waals surface area contributed by atoms with Gasteiger partial charge in [-0.15, -0.1) is 0 Å². The van der Waals surface area contributed by atoms with Crippen molar-refractivity contribution in [2.24, 2.45) is 0 Å². The fraction of sp³-hybridized carbons (Fsp3) is 0.500. The second kappa shape index (κ2) is 13.8. The number of aryl methyl sites for hydroxylation is 1. The molecule has 0 saturated carbocycles. The summed E-state index contributed by atoms with van der Waals surface area (Å²) in [6, 6.07) is 18.4. The predicted octanol–water partition coefficient (Wildman–Crippen LogP) is 5.31. The Kier molecular flexibility index (Phi) is 11.0. The highest BCUT2D eigenvalue weighted by atomic mass is 16.5. The molecule has 2 aromatic carbocycles. The van der Waals surface area contributed by atoms with Crippen LogP contribution in [0.15, 0.2) is 54.6 Å². The number of hydrogen-bond donors (Lipinski definition) is 0. The van der Waals surface area contributed by atoms with Crippen LogP contribution < -0.4 is 4.90 Å². The summed E-state index contributed by atoms with van der Waals surface area (Å²) in [6.07, 6.45) is 4.40. The number of nitrogens with zero attached hydrogens (tertiary/aromatic N) is 2. The summed E-state index contributed by atoms with van der Waals surface area (Å²) in [7, 11) is 0. The van der Waals surface area contributed by atoms with Crippen LogP contribution >= 0.6 is 0 Å². The zero-order valence-corrected chi connectivity index (χ0v) is 19.0. The first-order valence-corrected chi connectivity index (χ1v) is 11.4. The lowest BCUT2D eigenvalue weighted by Crippen LogP contribution is -2.32. The Morgan fingerprint density at radius 1 is 0.833 bits per heavy atom. The molecule has 0 radical (unpaired) electrons. The SMILES string of the molecule is CCCN(CC)CCCCN(CC(=O)OCc1ccccc1)c1ccc(CC)cc1. The second-order valence-corrected chi connectivity index (χ2v) is 7.73. The van der Waals surface area contributed by atoms with E-state index >= 15 is 0 Å². The second-order valence-electron chi connectivity index (χ2n) is 7.73. The molecule has 0 aromatic heterocycles. The molecule has 4 nitrogen and oxygen atoms in total. The van der Waals surface area contributed by atoms with Gasteiger partial charge in [-0.05, 0) is 68.6 Å². The maximum Gasteiger partial charge on any atom is 0.325 e. The number of benzene rings is 2. The Bertz CT molecular complexity index is 716. The van der Waals surface area contributed by atoms with Crippen LogP contribution in [0, 0.1) is 0 Å². The molecule has 2 aromatic rings. The molecular formula is C26H38N2O2. The fourth-order valence-electron chi connectivity index (χ4n) is 3.56. The van der Waals surface area contributed by atoms with Gasteiger partial charge in [-0.3, -0.25) is 4.79 Å². The molecule has 164 valence electrons. The first kappa shape index (κ1) is 23.9. The average Bonchev–Trinajstić information content (AvgIpc) is 2.79. The van der Waals surface area contributed by atoms with Gasteiger partial charge >= 0.3 is 5.97 Å². The van der Waals surface area contributed by atoms with E-state index in [9.17, 15) is 4.79 Å². The summed E-state index contributed by atoms with van der Waals surface area (Å²) in [5.74, 6) is -0.181. The van der Waals surface area contributed by atoms with E-state index in [1.807, 2.05) is 30.3 Å². The van der Waals surface area contributed by atoms with Gasteiger partial charge in [0.2, 0.25) is 0 Å². The summed E-state index contributed by atoms with van der Waals surface area (Å²) >= 11 is 0. The van der Waals surface area contributed by atoms with Crippen molar-refractivity contribution in [3.8, 4) is 0 Å². The quantitative estimate of drug-likeness (QED) is 0.312. The van der Waals surface area contributed by atoms with Gasteiger partial charge in [0, 0.05) is 12.2 Å². The predicted molar refractivity (Wildman–Crippen MR) is 126 cm³/mol. The molecule has 0 amide bonds. The molecule has 0 spiro atoms. The summed E-state index contributed by atoms with van der Waals surface area (Å²) in [4.78, 5) is 17.2. The number of carbonyl (C=O) groups excluding carboxylic acids is 1. The van der Waals surface area contributed by atoms with Gasteiger partial charge in [0.1, 0.15) is 13.2 Å². The highest BCUT2D eigenvalue weighted by molar-refractivity contribution is 5.75. The minimum Gasteiger partial charge on any atom is -0.459 e. The van der Waals surface area contributed by atoms with Crippen molar-refractivity contribution in [2.75, 3.05) is 37.6 Å². The molecule has 0 saturated heterocycles. The third-order valence-electron chi connectivity index (χ3n) is 5.41. The van der Waals surface area contributed by atoms with Crippen molar-refractivity contribution in [2.45, 2.75) is 53.1 Å². The first-order valence-electron chi connectivity index (χ1n) is 11.4. The molecular weight excluding hydrogens is 372 g/mol. The van der Waals surface area contributed by atoms with E-state index in [-0.39, 0.29) is 12.5 Å². The molecule has 0 bridgehead atoms. The van der Waals surface area contributed by atoms with Crippen LogP contribution in [0.25, 0.3) is 0 Å². The summed E-state index contributed by atoms with van der Waals surface area (Å²) in [5, 5.41) is 0. The van der Waals surface area contributed by atoms with Crippen LogP contribution in [-0.2, 0) is 22.6 Å². The lowest BCUT2D eigenvalue weighted by atomic mass is 10.1. The van der Waals surface area contributed by atoms with Crippen LogP contribution in [-0.4, -0.2) is 43.6 Å². The fourth-order valence-corrected chi connectivity index (χ4v) is 3.56. The average molecular weight is 411 g/mol. The molecule has 0 heterocycles. The number of ether oxygens (including phenoxy) is 1. The number of esters is 1. The van der Waals surface area contributed by atoms with Gasteiger partial charge in [0.05, 0.1) is 0 Å². The van der Waals surface area contributed by atoms with Crippen molar-refractivity contribution < 1.29 is 9.53 Å². The Labute approximate surface area is 182 Å². The lowest BCUT2D eigenvalue weighted by molar-refractivity contribution is -0.143. The molecule has 0 fully saturated rings. The summed E-state index contributed by atoms with van der Waals surface area (Å²) in [6.45, 7) is 11.4. The van der Waals surface area contributed by atoms with Crippen LogP contribution in [0.2, 0.25) is 0 Å². The van der Waals surface area contributed by atoms with E-state index in [1.165, 1.54) is 12.0 Å². The van der Waals surface area contributed by atoms with Gasteiger partial charge < -0.3 is 14.5 Å². The van der Waals surface area contributed by atoms with Gasteiger partial charge in [-0.2, -0.15) is 0 Å². The Morgan fingerprint density at radius 3 is 2.17 bits per heavy atom. The Balaban J connectivity index is 1.91. The number of carbonyl (C=O) groups is 1. The van der Waals surface area contributed by atoms with Crippen molar-refractivity contribution in [3.63, 3.8) is 0 Å². The van der Waals surface area contributed by atoms with Gasteiger partial charge in [-0.1, -0.05) is 63.2 Å². The number of hydrogen-bond acceptors (Lipinski definition) is 4. The summed E-state index contributed by atoms with van der Waals surface area (Å²) < 4.78 is 5.53. The number of unbranched alkanes of at least 4 members (excludes halogenated alkanes) is 1. The zero-order chi connectivity index (χ0) is 21.6. The molecule has 2 rings (SSSR count). The number of anilines is 1. The van der Waals surface area contributed by atoms with Crippen LogP contribution in [0.5, 0.6) is 0 Å². The Morgan fingerprint density at radius 2 is 1.53 bits per heavy atom. The third kappa shape index (κ3) is 8.58. The largest absolute Gasteiger partial charge is 0.459 e. The van der Waals surface area contributed by atoms with E-state index < -0.39 is 0 Å². The standard InChI is InChI=1S/C26H38N2O2/c1-4-18-27(6-3)19-10-11-20-28(25-16-14-23(5-2)15-17-25)21-26(29)30-22-24-12-8-7-9-13-24/h7-9,12-17H,4-6,10-11,18-22H2,1-3H3. The Hall–Kier alpha value is -2.33. The first-order chi connectivity index (χ1) is 14.7. The van der Waals surface area contributed by atoms with Crippen molar-refractivity contribution in [1.82, 2.24) is 4.90 Å². The van der Waals surface area contributed by atoms with E-state index in [0.717, 1.165) is 56.7 Å². The lowest BCUT2D eigenvalue weighted by Gasteiger charge is -2.25. The molecule has 0 N–H and O–H groups in total. The van der Waals surface area contributed by atoms with Gasteiger partial charge in [0.15, 0.2) is 0 Å². The smallest absolute Gasteiger partial charge is 0.325 e. The van der Waals surface area contributed by atoms with Crippen LogP contribution in [0.4, 0.5) is 5.69 Å². The van der Waals surface area contributed by atoms with Gasteiger partial charge in [-0.25, -0.2) is 0 Å². The molecule has 30 heavy (non-hydrogen) atoms. The molecule has 0 aliphatic heterocycles. The topological polar surface area (TPSA) is 32.8 Å². The van der Waals surface area contributed by atoms with E-state index in [2.05, 4.69) is 54.8 Å². The number of rotatable bonds is 14. The van der Waals surface area contributed by atoms with Gasteiger partial charge in [0.25, 0.3) is 0 Å². The highest BCUT2D eigenvalue weighted by Crippen LogP contribution is 2.17. The molecule has 4 heteroatoms. The van der Waals surface area contributed by atoms with Crippen molar-refractivity contribution in [3.05, 3.63) is 65.7 Å². The van der Waals surface area contributed by atoms with Crippen molar-refractivity contribution >= 4 is 11.7 Å². The minimum absolute atomic E-state index is 0.181. The normalized spacial score (nSPS) is 10.9.